The zero-order valence-electron chi connectivity index (χ0n) is 13.6. The lowest BCUT2D eigenvalue weighted by Gasteiger charge is -2.00. The van der Waals surface area contributed by atoms with E-state index in [4.69, 9.17) is 0 Å². The summed E-state index contributed by atoms with van der Waals surface area (Å²) in [4.78, 5) is 21.3. The molecule has 1 N–H and O–H groups in total. The predicted molar refractivity (Wildman–Crippen MR) is 107 cm³/mol. The normalized spacial score (nSPS) is 12.4. The van der Waals surface area contributed by atoms with E-state index in [0.29, 0.717) is 15.8 Å². The number of H-pyrrole nitrogens is 1. The molecular weight excluding hydrogens is 398 g/mol. The SMILES string of the molecule is Cc1sc2nc(/C(C#N)=C/C(Br)=C/c3ccccc3)[nH]c(=O)c2c1C. The van der Waals surface area contributed by atoms with Crippen LogP contribution in [0.25, 0.3) is 21.9 Å². The van der Waals surface area contributed by atoms with Crippen molar-refractivity contribution in [3.8, 4) is 6.07 Å². The molecule has 3 aromatic rings. The summed E-state index contributed by atoms with van der Waals surface area (Å²) in [5.74, 6) is 0.277. The Hall–Kier alpha value is -2.49. The van der Waals surface area contributed by atoms with Gasteiger partial charge in [-0.15, -0.1) is 11.3 Å². The molecule has 0 spiro atoms. The highest BCUT2D eigenvalue weighted by Crippen LogP contribution is 2.27. The van der Waals surface area contributed by atoms with Crippen LogP contribution in [-0.2, 0) is 0 Å². The van der Waals surface area contributed by atoms with E-state index in [-0.39, 0.29) is 11.4 Å². The molecule has 6 heteroatoms. The van der Waals surface area contributed by atoms with Crippen molar-refractivity contribution in [1.29, 1.82) is 5.26 Å². The van der Waals surface area contributed by atoms with Gasteiger partial charge in [0, 0.05) is 9.36 Å². The van der Waals surface area contributed by atoms with E-state index in [1.807, 2.05) is 50.3 Å². The molecule has 0 aliphatic rings. The molecule has 0 saturated carbocycles. The van der Waals surface area contributed by atoms with Gasteiger partial charge in [0.15, 0.2) is 5.82 Å². The van der Waals surface area contributed by atoms with E-state index in [2.05, 4.69) is 32.0 Å². The Kier molecular flexibility index (Phi) is 4.98. The highest BCUT2D eigenvalue weighted by Gasteiger charge is 2.13. The Morgan fingerprint density at radius 3 is 2.72 bits per heavy atom. The van der Waals surface area contributed by atoms with Crippen molar-refractivity contribution in [2.24, 2.45) is 0 Å². The first-order valence-electron chi connectivity index (χ1n) is 7.54. The molecule has 0 radical (unpaired) electrons. The van der Waals surface area contributed by atoms with Crippen molar-refractivity contribution in [1.82, 2.24) is 9.97 Å². The van der Waals surface area contributed by atoms with Gasteiger partial charge in [-0.3, -0.25) is 4.79 Å². The quantitative estimate of drug-likeness (QED) is 0.489. The van der Waals surface area contributed by atoms with Crippen LogP contribution >= 0.6 is 27.3 Å². The third kappa shape index (κ3) is 3.63. The Balaban J connectivity index is 2.07. The van der Waals surface area contributed by atoms with Gasteiger partial charge >= 0.3 is 0 Å². The molecule has 2 aromatic heterocycles. The van der Waals surface area contributed by atoms with Gasteiger partial charge in [-0.05, 0) is 37.1 Å². The molecule has 0 unspecified atom stereocenters. The van der Waals surface area contributed by atoms with Crippen LogP contribution in [0.2, 0.25) is 0 Å². The summed E-state index contributed by atoms with van der Waals surface area (Å²) in [5, 5.41) is 10.1. The summed E-state index contributed by atoms with van der Waals surface area (Å²) in [7, 11) is 0. The number of aromatic nitrogens is 2. The van der Waals surface area contributed by atoms with E-state index < -0.39 is 0 Å². The molecule has 0 aliphatic heterocycles. The zero-order chi connectivity index (χ0) is 18.0. The summed E-state index contributed by atoms with van der Waals surface area (Å²) in [6.45, 7) is 3.87. The highest BCUT2D eigenvalue weighted by atomic mass is 79.9. The van der Waals surface area contributed by atoms with Gasteiger partial charge in [0.25, 0.3) is 5.56 Å². The van der Waals surface area contributed by atoms with Gasteiger partial charge in [-0.25, -0.2) is 4.98 Å². The van der Waals surface area contributed by atoms with Gasteiger partial charge in [0.2, 0.25) is 0 Å². The molecule has 0 fully saturated rings. The Morgan fingerprint density at radius 2 is 2.04 bits per heavy atom. The number of aromatic amines is 1. The molecule has 2 heterocycles. The summed E-state index contributed by atoms with van der Waals surface area (Å²) in [6.07, 6.45) is 3.55. The number of rotatable bonds is 3. The lowest BCUT2D eigenvalue weighted by molar-refractivity contribution is 1.13. The van der Waals surface area contributed by atoms with Crippen molar-refractivity contribution in [2.45, 2.75) is 13.8 Å². The van der Waals surface area contributed by atoms with Crippen LogP contribution in [0.5, 0.6) is 0 Å². The first-order valence-corrected chi connectivity index (χ1v) is 9.15. The molecule has 3 rings (SSSR count). The number of nitrogens with one attached hydrogen (secondary N) is 1. The Morgan fingerprint density at radius 1 is 1.32 bits per heavy atom. The highest BCUT2D eigenvalue weighted by molar-refractivity contribution is 9.12. The second kappa shape index (κ2) is 7.18. The van der Waals surface area contributed by atoms with Gasteiger partial charge in [-0.2, -0.15) is 5.26 Å². The number of hydrogen-bond donors (Lipinski definition) is 1. The fourth-order valence-corrected chi connectivity index (χ4v) is 3.95. The van der Waals surface area contributed by atoms with Crippen molar-refractivity contribution >= 4 is 49.1 Å². The summed E-state index contributed by atoms with van der Waals surface area (Å²) >= 11 is 4.92. The number of hydrogen-bond acceptors (Lipinski definition) is 4. The van der Waals surface area contributed by atoms with Crippen molar-refractivity contribution in [3.05, 3.63) is 73.1 Å². The standard InChI is InChI=1S/C19H14BrN3OS/c1-11-12(2)25-19-16(11)18(24)22-17(23-19)14(10-21)9-15(20)8-13-6-4-3-5-7-13/h3-9H,1-2H3,(H,22,23,24)/b14-9+,15-8-. The summed E-state index contributed by atoms with van der Waals surface area (Å²) in [6, 6.07) is 11.9. The van der Waals surface area contributed by atoms with Crippen LogP contribution in [0.3, 0.4) is 0 Å². The van der Waals surface area contributed by atoms with Gasteiger partial charge in [-0.1, -0.05) is 46.3 Å². The number of nitriles is 1. The minimum atomic E-state index is -0.217. The van der Waals surface area contributed by atoms with E-state index >= 15 is 0 Å². The van der Waals surface area contributed by atoms with Crippen molar-refractivity contribution < 1.29 is 0 Å². The minimum absolute atomic E-state index is 0.217. The lowest BCUT2D eigenvalue weighted by atomic mass is 10.2. The van der Waals surface area contributed by atoms with Gasteiger partial charge < -0.3 is 4.98 Å². The minimum Gasteiger partial charge on any atom is -0.305 e. The van der Waals surface area contributed by atoms with Crippen molar-refractivity contribution in [2.75, 3.05) is 0 Å². The van der Waals surface area contributed by atoms with Crippen LogP contribution in [0, 0.1) is 25.2 Å². The number of benzene rings is 1. The number of allylic oxidation sites excluding steroid dienone is 3. The molecule has 25 heavy (non-hydrogen) atoms. The van der Waals surface area contributed by atoms with Crippen LogP contribution in [-0.4, -0.2) is 9.97 Å². The molecule has 0 atom stereocenters. The van der Waals surface area contributed by atoms with E-state index in [0.717, 1.165) is 20.5 Å². The maximum absolute atomic E-state index is 12.4. The second-order valence-electron chi connectivity index (χ2n) is 5.49. The smallest absolute Gasteiger partial charge is 0.260 e. The topological polar surface area (TPSA) is 69.5 Å². The molecule has 4 nitrogen and oxygen atoms in total. The zero-order valence-corrected chi connectivity index (χ0v) is 16.0. The first kappa shape index (κ1) is 17.3. The third-order valence-electron chi connectivity index (χ3n) is 3.80. The molecule has 1 aromatic carbocycles. The second-order valence-corrected chi connectivity index (χ2v) is 7.61. The predicted octanol–water partition coefficient (Wildman–Crippen LogP) is 4.94. The van der Waals surface area contributed by atoms with Crippen LogP contribution in [0.15, 0.2) is 45.7 Å². The fourth-order valence-electron chi connectivity index (χ4n) is 2.42. The average Bonchev–Trinajstić information content (AvgIpc) is 2.88. The number of halogens is 1. The Bertz CT molecular complexity index is 1100. The van der Waals surface area contributed by atoms with Gasteiger partial charge in [0.05, 0.1) is 11.0 Å². The van der Waals surface area contributed by atoms with Gasteiger partial charge in [0.1, 0.15) is 10.9 Å². The van der Waals surface area contributed by atoms with Crippen LogP contribution in [0.1, 0.15) is 21.8 Å². The number of fused-ring (bicyclic) bond motifs is 1. The number of thiophene rings is 1. The average molecular weight is 412 g/mol. The largest absolute Gasteiger partial charge is 0.305 e. The van der Waals surface area contributed by atoms with Crippen molar-refractivity contribution in [3.63, 3.8) is 0 Å². The fraction of sp³-hybridized carbons (Fsp3) is 0.105. The van der Waals surface area contributed by atoms with Crippen LogP contribution < -0.4 is 5.56 Å². The summed E-state index contributed by atoms with van der Waals surface area (Å²) < 4.78 is 0.719. The number of nitrogens with zero attached hydrogens (tertiary/aromatic N) is 2. The molecular formula is C19H14BrN3OS. The molecule has 0 amide bonds. The maximum atomic E-state index is 12.4. The maximum Gasteiger partial charge on any atom is 0.260 e. The monoisotopic (exact) mass is 411 g/mol. The van der Waals surface area contributed by atoms with E-state index in [9.17, 15) is 10.1 Å². The Labute approximate surface area is 157 Å². The van der Waals surface area contributed by atoms with E-state index in [1.165, 1.54) is 11.3 Å². The third-order valence-corrected chi connectivity index (χ3v) is 5.36. The molecule has 0 bridgehead atoms. The first-order chi connectivity index (χ1) is 12.0. The molecule has 0 aliphatic carbocycles. The lowest BCUT2D eigenvalue weighted by Crippen LogP contribution is -2.10. The van der Waals surface area contributed by atoms with Crippen LogP contribution in [0.4, 0.5) is 0 Å². The molecule has 124 valence electrons. The summed E-state index contributed by atoms with van der Waals surface area (Å²) in [5.41, 5.74) is 2.02. The number of aryl methyl sites for hydroxylation is 2. The molecule has 0 saturated heterocycles. The van der Waals surface area contributed by atoms with E-state index in [1.54, 1.807) is 6.08 Å².